The zero-order valence-electron chi connectivity index (χ0n) is 21.7. The summed E-state index contributed by atoms with van der Waals surface area (Å²) in [5.74, 6) is 5.70. The molecule has 35 heavy (non-hydrogen) atoms. The van der Waals surface area contributed by atoms with E-state index >= 15 is 0 Å². The van der Waals surface area contributed by atoms with Crippen LogP contribution in [0.2, 0.25) is 0 Å². The van der Waals surface area contributed by atoms with Crippen LogP contribution in [0.1, 0.15) is 66.0 Å². The summed E-state index contributed by atoms with van der Waals surface area (Å²) in [6.07, 6.45) is 6.63. The minimum atomic E-state index is -0.570. The van der Waals surface area contributed by atoms with Crippen LogP contribution in [0.5, 0.6) is 0 Å². The van der Waals surface area contributed by atoms with E-state index in [1.807, 2.05) is 6.92 Å². The SMILES string of the molecule is C=C(Cl)/C=C(F)\C(=C/C)Nc1ncnc(C(C)CCC(OC)/C(=N/N)OCC(C)(C)C)c1N=CC. The molecule has 2 atom stereocenters. The number of nitrogens with two attached hydrogens (primary N) is 1. The zero-order chi connectivity index (χ0) is 26.6. The number of hydrogen-bond donors (Lipinski definition) is 2. The molecule has 0 bridgehead atoms. The lowest BCUT2D eigenvalue weighted by atomic mass is 9.97. The van der Waals surface area contributed by atoms with Crippen LogP contribution in [0.4, 0.5) is 15.9 Å². The lowest BCUT2D eigenvalue weighted by Crippen LogP contribution is -2.30. The molecular formula is C25H38ClFN6O2. The summed E-state index contributed by atoms with van der Waals surface area (Å²) in [6, 6.07) is 0. The number of methoxy groups -OCH3 is 1. The zero-order valence-corrected chi connectivity index (χ0v) is 22.5. The Labute approximate surface area is 213 Å². The predicted octanol–water partition coefficient (Wildman–Crippen LogP) is 6.35. The number of ether oxygens (including phenoxy) is 2. The van der Waals surface area contributed by atoms with Crippen LogP contribution in [0.25, 0.3) is 0 Å². The first-order valence-corrected chi connectivity index (χ1v) is 11.8. The Balaban J connectivity index is 3.13. The monoisotopic (exact) mass is 508 g/mol. The second-order valence-corrected chi connectivity index (χ2v) is 9.61. The quantitative estimate of drug-likeness (QED) is 0.112. The number of anilines is 1. The molecule has 3 N–H and O–H groups in total. The van der Waals surface area contributed by atoms with E-state index < -0.39 is 11.9 Å². The van der Waals surface area contributed by atoms with Gasteiger partial charge in [-0.1, -0.05) is 52.0 Å². The molecule has 0 aliphatic carbocycles. The van der Waals surface area contributed by atoms with Gasteiger partial charge in [0.05, 0.1) is 18.0 Å². The number of hydrazone groups is 1. The van der Waals surface area contributed by atoms with Gasteiger partial charge in [0.1, 0.15) is 23.9 Å². The third-order valence-electron chi connectivity index (χ3n) is 4.86. The average Bonchev–Trinajstić information content (AvgIpc) is 2.79. The summed E-state index contributed by atoms with van der Waals surface area (Å²) in [7, 11) is 1.59. The van der Waals surface area contributed by atoms with Crippen LogP contribution in [0, 0.1) is 5.41 Å². The fraction of sp³-hybridized carbons (Fsp3) is 0.520. The van der Waals surface area contributed by atoms with Crippen LogP contribution in [0.3, 0.4) is 0 Å². The molecule has 1 aromatic heterocycles. The van der Waals surface area contributed by atoms with E-state index in [4.69, 9.17) is 26.9 Å². The number of aliphatic imine (C=N–C) groups is 1. The van der Waals surface area contributed by atoms with Gasteiger partial charge in [-0.3, -0.25) is 4.99 Å². The highest BCUT2D eigenvalue weighted by atomic mass is 35.5. The van der Waals surface area contributed by atoms with Crippen molar-refractivity contribution in [1.29, 1.82) is 0 Å². The topological polar surface area (TPSA) is 107 Å². The van der Waals surface area contributed by atoms with Gasteiger partial charge in [-0.15, -0.1) is 5.10 Å². The van der Waals surface area contributed by atoms with E-state index in [1.165, 1.54) is 6.33 Å². The average molecular weight is 509 g/mol. The van der Waals surface area contributed by atoms with E-state index in [9.17, 15) is 4.39 Å². The number of aromatic nitrogens is 2. The van der Waals surface area contributed by atoms with Crippen LogP contribution in [-0.2, 0) is 9.47 Å². The Morgan fingerprint density at radius 2 is 2.00 bits per heavy atom. The fourth-order valence-corrected chi connectivity index (χ4v) is 3.19. The summed E-state index contributed by atoms with van der Waals surface area (Å²) in [5, 5.41) is 6.87. The summed E-state index contributed by atoms with van der Waals surface area (Å²) in [5.41, 5.74) is 1.37. The predicted molar refractivity (Wildman–Crippen MR) is 143 cm³/mol. The molecule has 0 fully saturated rings. The Kier molecular flexibility index (Phi) is 12.6. The standard InChI is InChI=1S/C25H38ClFN6O2/c1-9-19(18(27)13-17(4)26)32-23-22(29-10-2)21(30-15-31-23)16(3)11-12-20(34-8)24(33-28)35-14-25(5,6)7/h9-10,13,15-16,20H,4,11-12,14,28H2,1-3,5-8H3,(H,30,31,32)/b18-13+,19-9+,29-10?,33-24-. The van der Waals surface area contributed by atoms with Crippen molar-refractivity contribution in [1.82, 2.24) is 9.97 Å². The molecule has 1 heterocycles. The highest BCUT2D eigenvalue weighted by Crippen LogP contribution is 2.34. The van der Waals surface area contributed by atoms with Gasteiger partial charge in [-0.25, -0.2) is 14.4 Å². The molecule has 0 aliphatic heterocycles. The van der Waals surface area contributed by atoms with E-state index in [0.717, 1.165) is 6.08 Å². The van der Waals surface area contributed by atoms with Gasteiger partial charge in [-0.2, -0.15) is 0 Å². The van der Waals surface area contributed by atoms with Gasteiger partial charge in [0.15, 0.2) is 5.82 Å². The highest BCUT2D eigenvalue weighted by Gasteiger charge is 2.24. The summed E-state index contributed by atoms with van der Waals surface area (Å²) < 4.78 is 25.9. The van der Waals surface area contributed by atoms with E-state index in [0.29, 0.717) is 42.5 Å². The lowest BCUT2D eigenvalue weighted by Gasteiger charge is -2.24. The van der Waals surface area contributed by atoms with Gasteiger partial charge >= 0.3 is 0 Å². The second kappa shape index (κ2) is 14.6. The Morgan fingerprint density at radius 3 is 2.51 bits per heavy atom. The van der Waals surface area contributed by atoms with Crippen molar-refractivity contribution in [2.24, 2.45) is 21.4 Å². The van der Waals surface area contributed by atoms with Crippen molar-refractivity contribution in [3.8, 4) is 0 Å². The maximum atomic E-state index is 14.5. The lowest BCUT2D eigenvalue weighted by molar-refractivity contribution is 0.0992. The van der Waals surface area contributed by atoms with E-state index in [-0.39, 0.29) is 22.1 Å². The first kappa shape index (κ1) is 30.3. The molecule has 1 rings (SSSR count). The minimum Gasteiger partial charge on any atom is -0.477 e. The normalized spacial score (nSPS) is 15.3. The third kappa shape index (κ3) is 10.2. The van der Waals surface area contributed by atoms with Crippen molar-refractivity contribution in [2.75, 3.05) is 19.0 Å². The number of nitrogens with one attached hydrogen (secondary N) is 1. The summed E-state index contributed by atoms with van der Waals surface area (Å²) in [4.78, 5) is 13.2. The van der Waals surface area contributed by atoms with Crippen molar-refractivity contribution >= 4 is 35.2 Å². The van der Waals surface area contributed by atoms with E-state index in [1.54, 1.807) is 33.2 Å². The molecule has 10 heteroatoms. The molecule has 0 saturated heterocycles. The third-order valence-corrected chi connectivity index (χ3v) is 4.97. The van der Waals surface area contributed by atoms with Crippen LogP contribution in [-0.4, -0.2) is 41.9 Å². The van der Waals surface area contributed by atoms with Gasteiger partial charge in [0.25, 0.3) is 0 Å². The van der Waals surface area contributed by atoms with Gasteiger partial charge in [0, 0.05) is 24.3 Å². The smallest absolute Gasteiger partial charge is 0.235 e. The molecule has 1 aromatic rings. The molecule has 0 saturated carbocycles. The number of halogens is 2. The van der Waals surface area contributed by atoms with Crippen LogP contribution >= 0.6 is 11.6 Å². The van der Waals surface area contributed by atoms with Crippen molar-refractivity contribution in [3.63, 3.8) is 0 Å². The Bertz CT molecular complexity index is 969. The molecule has 8 nitrogen and oxygen atoms in total. The number of rotatable bonds is 12. The molecular weight excluding hydrogens is 471 g/mol. The Hall–Kier alpha value is -2.78. The number of nitrogens with zero attached hydrogens (tertiary/aromatic N) is 4. The molecule has 194 valence electrons. The first-order valence-electron chi connectivity index (χ1n) is 11.4. The summed E-state index contributed by atoms with van der Waals surface area (Å²) in [6.45, 7) is 15.7. The maximum Gasteiger partial charge on any atom is 0.235 e. The summed E-state index contributed by atoms with van der Waals surface area (Å²) >= 11 is 5.72. The molecule has 2 unspecified atom stereocenters. The maximum absolute atomic E-state index is 14.5. The molecule has 0 aromatic carbocycles. The molecule has 0 spiro atoms. The van der Waals surface area contributed by atoms with Crippen LogP contribution < -0.4 is 11.2 Å². The highest BCUT2D eigenvalue weighted by molar-refractivity contribution is 6.30. The van der Waals surface area contributed by atoms with Crippen molar-refractivity contribution in [3.05, 3.63) is 47.3 Å². The largest absolute Gasteiger partial charge is 0.477 e. The van der Waals surface area contributed by atoms with Crippen molar-refractivity contribution in [2.45, 2.75) is 66.4 Å². The van der Waals surface area contributed by atoms with Gasteiger partial charge < -0.3 is 20.6 Å². The Morgan fingerprint density at radius 1 is 1.31 bits per heavy atom. The fourth-order valence-electron chi connectivity index (χ4n) is 3.10. The van der Waals surface area contributed by atoms with E-state index in [2.05, 4.69) is 52.7 Å². The molecule has 0 radical (unpaired) electrons. The first-order chi connectivity index (χ1) is 16.5. The molecule has 0 aliphatic rings. The molecule has 0 amide bonds. The minimum absolute atomic E-state index is 0.0337. The number of hydrogen-bond acceptors (Lipinski definition) is 8. The second-order valence-electron chi connectivity index (χ2n) is 9.13. The van der Waals surface area contributed by atoms with Crippen molar-refractivity contribution < 1.29 is 13.9 Å². The van der Waals surface area contributed by atoms with Crippen LogP contribution in [0.15, 0.2) is 51.7 Å². The number of allylic oxidation sites excluding steroid dienone is 4. The van der Waals surface area contributed by atoms with Gasteiger partial charge in [-0.05, 0) is 38.2 Å². The van der Waals surface area contributed by atoms with Gasteiger partial charge in [0.2, 0.25) is 5.90 Å².